The minimum absolute atomic E-state index is 0.00189. The maximum Gasteiger partial charge on any atom is 0.247 e. The van der Waals surface area contributed by atoms with Gasteiger partial charge in [0.05, 0.1) is 0 Å². The number of anilines is 1. The van der Waals surface area contributed by atoms with Crippen LogP contribution in [0.4, 0.5) is 5.82 Å². The third-order valence-electron chi connectivity index (χ3n) is 3.02. The highest BCUT2D eigenvalue weighted by Gasteiger charge is 2.25. The number of benzene rings is 1. The number of rotatable bonds is 5. The number of nitrogens with zero attached hydrogens (tertiary/aromatic N) is 2. The molecule has 112 valence electrons. The van der Waals surface area contributed by atoms with Crippen LogP contribution in [0.3, 0.4) is 0 Å². The Morgan fingerprint density at radius 2 is 2.05 bits per heavy atom. The highest BCUT2D eigenvalue weighted by Crippen LogP contribution is 2.22. The summed E-state index contributed by atoms with van der Waals surface area (Å²) in [5.41, 5.74) is 6.49. The molecule has 1 aromatic heterocycles. The number of pyridine rings is 1. The molecule has 0 radical (unpaired) electrons. The molecule has 0 spiro atoms. The van der Waals surface area contributed by atoms with Gasteiger partial charge < -0.3 is 5.73 Å². The fourth-order valence-electron chi connectivity index (χ4n) is 1.97. The van der Waals surface area contributed by atoms with Crippen LogP contribution in [0.25, 0.3) is 0 Å². The van der Waals surface area contributed by atoms with Crippen molar-refractivity contribution in [3.05, 3.63) is 53.2 Å². The summed E-state index contributed by atoms with van der Waals surface area (Å²) in [4.78, 5) is 3.86. The van der Waals surface area contributed by atoms with Gasteiger partial charge in [0, 0.05) is 24.3 Å². The van der Waals surface area contributed by atoms with Gasteiger partial charge in [-0.25, -0.2) is 13.4 Å². The van der Waals surface area contributed by atoms with Gasteiger partial charge in [-0.3, -0.25) is 0 Å². The van der Waals surface area contributed by atoms with Crippen molar-refractivity contribution in [1.29, 1.82) is 0 Å². The normalized spacial score (nSPS) is 11.8. The van der Waals surface area contributed by atoms with Crippen LogP contribution in [0.15, 0.2) is 47.5 Å². The molecular weight excluding hydrogens is 310 g/mol. The second kappa shape index (κ2) is 6.43. The lowest BCUT2D eigenvalue weighted by Crippen LogP contribution is -2.31. The zero-order valence-corrected chi connectivity index (χ0v) is 13.1. The van der Waals surface area contributed by atoms with Crippen molar-refractivity contribution in [2.45, 2.75) is 18.4 Å². The summed E-state index contributed by atoms with van der Waals surface area (Å²) in [5, 5.41) is 0.571. The highest BCUT2D eigenvalue weighted by atomic mass is 35.5. The molecule has 0 bridgehead atoms. The first kappa shape index (κ1) is 15.8. The molecule has 0 saturated heterocycles. The Bertz CT molecular complexity index is 735. The Morgan fingerprint density at radius 3 is 2.67 bits per heavy atom. The molecule has 0 amide bonds. The van der Waals surface area contributed by atoms with E-state index in [0.717, 1.165) is 5.56 Å². The topological polar surface area (TPSA) is 76.3 Å². The van der Waals surface area contributed by atoms with E-state index in [4.69, 9.17) is 17.3 Å². The lowest BCUT2D eigenvalue weighted by atomic mass is 10.2. The molecule has 0 aliphatic rings. The molecule has 0 saturated carbocycles. The van der Waals surface area contributed by atoms with Gasteiger partial charge in [0.2, 0.25) is 10.0 Å². The zero-order chi connectivity index (χ0) is 15.5. The smallest absolute Gasteiger partial charge is 0.247 e. The van der Waals surface area contributed by atoms with Crippen LogP contribution in [0.5, 0.6) is 0 Å². The van der Waals surface area contributed by atoms with Gasteiger partial charge in [0.15, 0.2) is 0 Å². The Balaban J connectivity index is 2.35. The highest BCUT2D eigenvalue weighted by molar-refractivity contribution is 7.89. The van der Waals surface area contributed by atoms with Gasteiger partial charge in [-0.2, -0.15) is 4.31 Å². The lowest BCUT2D eigenvalue weighted by molar-refractivity contribution is 0.423. The van der Waals surface area contributed by atoms with Crippen molar-refractivity contribution in [2.24, 2.45) is 0 Å². The number of nitrogens with two attached hydrogens (primary N) is 1. The number of hydrogen-bond acceptors (Lipinski definition) is 4. The molecule has 0 unspecified atom stereocenters. The van der Waals surface area contributed by atoms with E-state index in [2.05, 4.69) is 4.98 Å². The molecule has 0 fully saturated rings. The third kappa shape index (κ3) is 3.53. The Kier molecular flexibility index (Phi) is 4.82. The van der Waals surface area contributed by atoms with Crippen molar-refractivity contribution in [3.8, 4) is 0 Å². The Labute approximate surface area is 129 Å². The first-order chi connectivity index (χ1) is 9.95. The summed E-state index contributed by atoms with van der Waals surface area (Å²) in [6, 6.07) is 10.1. The van der Waals surface area contributed by atoms with Gasteiger partial charge in [-0.15, -0.1) is 0 Å². The quantitative estimate of drug-likeness (QED) is 0.916. The minimum atomic E-state index is -3.69. The summed E-state index contributed by atoms with van der Waals surface area (Å²) in [6.07, 6.45) is 1.46. The second-order valence-corrected chi connectivity index (χ2v) is 6.79. The predicted molar refractivity (Wildman–Crippen MR) is 83.4 cm³/mol. The average molecular weight is 326 g/mol. The van der Waals surface area contributed by atoms with Crippen molar-refractivity contribution >= 4 is 27.4 Å². The maximum atomic E-state index is 12.6. The first-order valence-corrected chi connectivity index (χ1v) is 8.22. The van der Waals surface area contributed by atoms with Crippen molar-refractivity contribution in [1.82, 2.24) is 9.29 Å². The molecule has 5 nitrogen and oxygen atoms in total. The molecule has 2 rings (SSSR count). The van der Waals surface area contributed by atoms with Gasteiger partial charge in [-0.05, 0) is 29.8 Å². The van der Waals surface area contributed by atoms with Gasteiger partial charge >= 0.3 is 0 Å². The largest absolute Gasteiger partial charge is 0.383 e. The lowest BCUT2D eigenvalue weighted by Gasteiger charge is -2.21. The fraction of sp³-hybridized carbons (Fsp3) is 0.214. The molecule has 1 heterocycles. The summed E-state index contributed by atoms with van der Waals surface area (Å²) in [6.45, 7) is 2.32. The van der Waals surface area contributed by atoms with Crippen LogP contribution < -0.4 is 5.73 Å². The van der Waals surface area contributed by atoms with Gasteiger partial charge in [0.25, 0.3) is 0 Å². The van der Waals surface area contributed by atoms with Crippen LogP contribution in [0.1, 0.15) is 12.5 Å². The van der Waals surface area contributed by atoms with E-state index in [-0.39, 0.29) is 17.3 Å². The van der Waals surface area contributed by atoms with Crippen LogP contribution in [0.2, 0.25) is 5.02 Å². The first-order valence-electron chi connectivity index (χ1n) is 6.40. The van der Waals surface area contributed by atoms with E-state index in [1.165, 1.54) is 16.6 Å². The van der Waals surface area contributed by atoms with E-state index in [0.29, 0.717) is 11.6 Å². The standard InChI is InChI=1S/C14H16ClN3O2S/c1-2-18(10-11-5-3-6-12(15)9-11)21(19,20)13-7-4-8-17-14(13)16/h3-9H,2,10H2,1H3,(H2,16,17). The fourth-order valence-corrected chi connectivity index (χ4v) is 3.68. The summed E-state index contributed by atoms with van der Waals surface area (Å²) in [5.74, 6) is 0.00189. The SMILES string of the molecule is CCN(Cc1cccc(Cl)c1)S(=O)(=O)c1cccnc1N. The molecule has 1 aromatic carbocycles. The van der Waals surface area contributed by atoms with E-state index in [1.807, 2.05) is 6.07 Å². The minimum Gasteiger partial charge on any atom is -0.383 e. The summed E-state index contributed by atoms with van der Waals surface area (Å²) in [7, 11) is -3.69. The molecule has 7 heteroatoms. The predicted octanol–water partition coefficient (Wildman–Crippen LogP) is 2.53. The summed E-state index contributed by atoms with van der Waals surface area (Å²) >= 11 is 5.93. The average Bonchev–Trinajstić information content (AvgIpc) is 2.45. The van der Waals surface area contributed by atoms with E-state index >= 15 is 0 Å². The number of nitrogen functional groups attached to an aromatic ring is 1. The van der Waals surface area contributed by atoms with E-state index < -0.39 is 10.0 Å². The number of hydrogen-bond donors (Lipinski definition) is 1. The molecule has 2 aromatic rings. The Hall–Kier alpha value is -1.63. The van der Waals surface area contributed by atoms with Crippen molar-refractivity contribution in [2.75, 3.05) is 12.3 Å². The maximum absolute atomic E-state index is 12.6. The second-order valence-electron chi connectivity index (χ2n) is 4.45. The van der Waals surface area contributed by atoms with Crippen LogP contribution >= 0.6 is 11.6 Å². The van der Waals surface area contributed by atoms with Crippen LogP contribution in [-0.4, -0.2) is 24.3 Å². The van der Waals surface area contributed by atoms with Crippen molar-refractivity contribution < 1.29 is 8.42 Å². The van der Waals surface area contributed by atoms with E-state index in [1.54, 1.807) is 31.2 Å². The Morgan fingerprint density at radius 1 is 1.29 bits per heavy atom. The molecule has 0 aliphatic carbocycles. The monoisotopic (exact) mass is 325 g/mol. The molecule has 2 N–H and O–H groups in total. The number of halogens is 1. The number of sulfonamides is 1. The molecule has 0 atom stereocenters. The zero-order valence-electron chi connectivity index (χ0n) is 11.5. The van der Waals surface area contributed by atoms with Gasteiger partial charge in [0.1, 0.15) is 10.7 Å². The van der Waals surface area contributed by atoms with Crippen LogP contribution in [-0.2, 0) is 16.6 Å². The van der Waals surface area contributed by atoms with Gasteiger partial charge in [-0.1, -0.05) is 30.7 Å². The third-order valence-corrected chi connectivity index (χ3v) is 5.22. The van der Waals surface area contributed by atoms with Crippen LogP contribution in [0, 0.1) is 0 Å². The number of aromatic nitrogens is 1. The molecule has 21 heavy (non-hydrogen) atoms. The van der Waals surface area contributed by atoms with Crippen molar-refractivity contribution in [3.63, 3.8) is 0 Å². The molecule has 0 aliphatic heterocycles. The summed E-state index contributed by atoms with van der Waals surface area (Å²) < 4.78 is 26.6. The van der Waals surface area contributed by atoms with E-state index in [9.17, 15) is 8.42 Å². The molecular formula is C14H16ClN3O2S.